The van der Waals surface area contributed by atoms with Crippen molar-refractivity contribution < 1.29 is 4.79 Å². The highest BCUT2D eigenvalue weighted by molar-refractivity contribution is 5.95. The lowest BCUT2D eigenvalue weighted by Gasteiger charge is -2.17. The Labute approximate surface area is 125 Å². The maximum Gasteiger partial charge on any atom is 0.251 e. The number of hydrogen-bond donors (Lipinski definition) is 2. The van der Waals surface area contributed by atoms with Gasteiger partial charge in [-0.3, -0.25) is 4.79 Å². The predicted octanol–water partition coefficient (Wildman–Crippen LogP) is 3.23. The van der Waals surface area contributed by atoms with Crippen molar-refractivity contribution in [1.82, 2.24) is 10.3 Å². The van der Waals surface area contributed by atoms with E-state index in [1.807, 2.05) is 45.0 Å². The number of carbonyl (C=O) groups is 1. The molecular formula is C17H21N3O. The van der Waals surface area contributed by atoms with E-state index in [9.17, 15) is 4.79 Å². The number of aryl methyl sites for hydroxylation is 2. The summed E-state index contributed by atoms with van der Waals surface area (Å²) in [5, 5.41) is 6.00. The van der Waals surface area contributed by atoms with Crippen molar-refractivity contribution in [2.75, 3.05) is 12.4 Å². The van der Waals surface area contributed by atoms with Gasteiger partial charge in [-0.15, -0.1) is 0 Å². The van der Waals surface area contributed by atoms with Crippen LogP contribution in [-0.4, -0.2) is 17.9 Å². The summed E-state index contributed by atoms with van der Waals surface area (Å²) < 4.78 is 0. The molecule has 110 valence electrons. The lowest BCUT2D eigenvalue weighted by molar-refractivity contribution is 0.0939. The highest BCUT2D eigenvalue weighted by Gasteiger charge is 2.14. The van der Waals surface area contributed by atoms with Crippen molar-refractivity contribution in [3.8, 4) is 0 Å². The van der Waals surface area contributed by atoms with Crippen LogP contribution in [0.3, 0.4) is 0 Å². The van der Waals surface area contributed by atoms with Gasteiger partial charge in [0.1, 0.15) is 5.82 Å². The number of nitrogens with one attached hydrogen (secondary N) is 2. The van der Waals surface area contributed by atoms with Crippen LogP contribution < -0.4 is 10.6 Å². The van der Waals surface area contributed by atoms with Gasteiger partial charge in [-0.1, -0.05) is 24.3 Å². The fourth-order valence-electron chi connectivity index (χ4n) is 2.36. The Balaban J connectivity index is 2.18. The summed E-state index contributed by atoms with van der Waals surface area (Å²) in [6.07, 6.45) is 0. The Morgan fingerprint density at radius 2 is 1.90 bits per heavy atom. The van der Waals surface area contributed by atoms with Crippen molar-refractivity contribution in [1.29, 1.82) is 0 Å². The van der Waals surface area contributed by atoms with Crippen LogP contribution in [0.4, 0.5) is 5.82 Å². The molecule has 21 heavy (non-hydrogen) atoms. The van der Waals surface area contributed by atoms with Crippen LogP contribution in [-0.2, 0) is 0 Å². The molecule has 0 aliphatic carbocycles. The molecule has 0 saturated heterocycles. The standard InChI is InChI=1S/C17H21N3O/c1-11-7-5-6-8-15(11)13(3)20-17(21)14-9-12(2)19-16(10-14)18-4/h5-10,13H,1-4H3,(H,18,19)(H,20,21). The minimum Gasteiger partial charge on any atom is -0.373 e. The van der Waals surface area contributed by atoms with Crippen molar-refractivity contribution >= 4 is 11.7 Å². The van der Waals surface area contributed by atoms with E-state index in [1.165, 1.54) is 5.56 Å². The summed E-state index contributed by atoms with van der Waals surface area (Å²) in [5.41, 5.74) is 3.74. The molecule has 0 bridgehead atoms. The highest BCUT2D eigenvalue weighted by Crippen LogP contribution is 2.18. The monoisotopic (exact) mass is 283 g/mol. The normalized spacial score (nSPS) is 11.8. The molecule has 1 unspecified atom stereocenters. The van der Waals surface area contributed by atoms with Crippen LogP contribution in [0.15, 0.2) is 36.4 Å². The van der Waals surface area contributed by atoms with Gasteiger partial charge in [-0.05, 0) is 44.0 Å². The number of nitrogens with zero attached hydrogens (tertiary/aromatic N) is 1. The number of carbonyl (C=O) groups excluding carboxylic acids is 1. The maximum atomic E-state index is 12.4. The highest BCUT2D eigenvalue weighted by atomic mass is 16.1. The summed E-state index contributed by atoms with van der Waals surface area (Å²) in [5.74, 6) is 0.608. The second kappa shape index (κ2) is 6.39. The van der Waals surface area contributed by atoms with E-state index in [0.29, 0.717) is 11.4 Å². The van der Waals surface area contributed by atoms with Crippen LogP contribution >= 0.6 is 0 Å². The average molecular weight is 283 g/mol. The van der Waals surface area contributed by atoms with Gasteiger partial charge in [0.25, 0.3) is 5.91 Å². The zero-order chi connectivity index (χ0) is 15.4. The molecule has 0 aliphatic rings. The first-order valence-electron chi connectivity index (χ1n) is 7.04. The third-order valence-corrected chi connectivity index (χ3v) is 3.47. The second-order valence-electron chi connectivity index (χ2n) is 5.18. The van der Waals surface area contributed by atoms with Crippen molar-refractivity contribution in [2.45, 2.75) is 26.8 Å². The Morgan fingerprint density at radius 3 is 2.57 bits per heavy atom. The molecule has 0 spiro atoms. The molecule has 1 aromatic carbocycles. The molecular weight excluding hydrogens is 262 g/mol. The van der Waals surface area contributed by atoms with E-state index >= 15 is 0 Å². The molecule has 4 heteroatoms. The van der Waals surface area contributed by atoms with Crippen molar-refractivity contribution in [3.63, 3.8) is 0 Å². The number of hydrogen-bond acceptors (Lipinski definition) is 3. The fourth-order valence-corrected chi connectivity index (χ4v) is 2.36. The second-order valence-corrected chi connectivity index (χ2v) is 5.18. The molecule has 1 amide bonds. The van der Waals surface area contributed by atoms with E-state index in [0.717, 1.165) is 11.3 Å². The molecule has 2 N–H and O–H groups in total. The summed E-state index contributed by atoms with van der Waals surface area (Å²) >= 11 is 0. The van der Waals surface area contributed by atoms with E-state index in [4.69, 9.17) is 0 Å². The van der Waals surface area contributed by atoms with Gasteiger partial charge < -0.3 is 10.6 Å². The van der Waals surface area contributed by atoms with Gasteiger partial charge in [0.05, 0.1) is 6.04 Å². The first-order chi connectivity index (χ1) is 10.0. The summed E-state index contributed by atoms with van der Waals surface area (Å²) in [4.78, 5) is 16.7. The summed E-state index contributed by atoms with van der Waals surface area (Å²) in [6.45, 7) is 5.92. The lowest BCUT2D eigenvalue weighted by atomic mass is 10.0. The van der Waals surface area contributed by atoms with Crippen molar-refractivity contribution in [2.24, 2.45) is 0 Å². The van der Waals surface area contributed by atoms with E-state index in [1.54, 1.807) is 19.2 Å². The van der Waals surface area contributed by atoms with Crippen LogP contribution in [0.25, 0.3) is 0 Å². The summed E-state index contributed by atoms with van der Waals surface area (Å²) in [7, 11) is 1.79. The largest absolute Gasteiger partial charge is 0.373 e. The number of amides is 1. The topological polar surface area (TPSA) is 54.0 Å². The SMILES string of the molecule is CNc1cc(C(=O)NC(C)c2ccccc2C)cc(C)n1. The third-order valence-electron chi connectivity index (χ3n) is 3.47. The predicted molar refractivity (Wildman–Crippen MR) is 85.6 cm³/mol. The maximum absolute atomic E-state index is 12.4. The van der Waals surface area contributed by atoms with Gasteiger partial charge in [0.2, 0.25) is 0 Å². The van der Waals surface area contributed by atoms with Gasteiger partial charge in [-0.25, -0.2) is 4.98 Å². The molecule has 0 fully saturated rings. The van der Waals surface area contributed by atoms with Crippen LogP contribution in [0, 0.1) is 13.8 Å². The van der Waals surface area contributed by atoms with E-state index in [-0.39, 0.29) is 11.9 Å². The van der Waals surface area contributed by atoms with Gasteiger partial charge >= 0.3 is 0 Å². The Morgan fingerprint density at radius 1 is 1.19 bits per heavy atom. The molecule has 0 radical (unpaired) electrons. The van der Waals surface area contributed by atoms with Crippen molar-refractivity contribution in [3.05, 3.63) is 58.8 Å². The molecule has 1 aromatic heterocycles. The van der Waals surface area contributed by atoms with Crippen LogP contribution in [0.2, 0.25) is 0 Å². The number of anilines is 1. The first kappa shape index (κ1) is 15.0. The zero-order valence-electron chi connectivity index (χ0n) is 12.9. The van der Waals surface area contributed by atoms with Gasteiger partial charge in [-0.2, -0.15) is 0 Å². The minimum atomic E-state index is -0.0900. The van der Waals surface area contributed by atoms with Crippen LogP contribution in [0.1, 0.15) is 40.1 Å². The average Bonchev–Trinajstić information content (AvgIpc) is 2.46. The first-order valence-corrected chi connectivity index (χ1v) is 7.04. The third kappa shape index (κ3) is 3.60. The quantitative estimate of drug-likeness (QED) is 0.905. The van der Waals surface area contributed by atoms with Gasteiger partial charge in [0, 0.05) is 18.3 Å². The molecule has 2 aromatic rings. The molecule has 2 rings (SSSR count). The Bertz CT molecular complexity index is 652. The number of pyridine rings is 1. The van der Waals surface area contributed by atoms with E-state index < -0.39 is 0 Å². The molecule has 1 atom stereocenters. The van der Waals surface area contributed by atoms with E-state index in [2.05, 4.69) is 15.6 Å². The number of benzene rings is 1. The van der Waals surface area contributed by atoms with Gasteiger partial charge in [0.15, 0.2) is 0 Å². The Kier molecular flexibility index (Phi) is 4.58. The summed E-state index contributed by atoms with van der Waals surface area (Å²) in [6, 6.07) is 11.6. The molecule has 1 heterocycles. The molecule has 4 nitrogen and oxygen atoms in total. The molecule has 0 aliphatic heterocycles. The number of aromatic nitrogens is 1. The number of rotatable bonds is 4. The molecule has 0 saturated carbocycles. The fraction of sp³-hybridized carbons (Fsp3) is 0.294. The zero-order valence-corrected chi connectivity index (χ0v) is 12.9. The minimum absolute atomic E-state index is 0.0368. The Hall–Kier alpha value is -2.36. The smallest absolute Gasteiger partial charge is 0.251 e. The van der Waals surface area contributed by atoms with Crippen LogP contribution in [0.5, 0.6) is 0 Å². The lowest BCUT2D eigenvalue weighted by Crippen LogP contribution is -2.27.